The van der Waals surface area contributed by atoms with Crippen LogP contribution < -0.4 is 11.3 Å². The van der Waals surface area contributed by atoms with Crippen LogP contribution in [0, 0.1) is 5.92 Å². The highest BCUT2D eigenvalue weighted by Gasteiger charge is 2.40. The van der Waals surface area contributed by atoms with Gasteiger partial charge in [0.15, 0.2) is 0 Å². The Labute approximate surface area is 126 Å². The maximum absolute atomic E-state index is 6.17. The molecule has 2 rings (SSSR count). The fourth-order valence-corrected chi connectivity index (χ4v) is 5.49. The average Bonchev–Trinajstić information content (AvgIpc) is 2.44. The fraction of sp³-hybridized carbons (Fsp3) is 1.00. The first-order chi connectivity index (χ1) is 9.29. The normalized spacial score (nSPS) is 28.4. The van der Waals surface area contributed by atoms with Gasteiger partial charge in [0.05, 0.1) is 5.60 Å². The van der Waals surface area contributed by atoms with Gasteiger partial charge in [-0.05, 0) is 55.3 Å². The van der Waals surface area contributed by atoms with E-state index in [1.54, 1.807) is 0 Å². The van der Waals surface area contributed by atoms with E-state index < -0.39 is 0 Å². The summed E-state index contributed by atoms with van der Waals surface area (Å²) in [6.45, 7) is 3.16. The van der Waals surface area contributed by atoms with Crippen LogP contribution in [-0.4, -0.2) is 41.3 Å². The first-order valence-corrected chi connectivity index (χ1v) is 9.86. The summed E-state index contributed by atoms with van der Waals surface area (Å²) in [5.74, 6) is 11.4. The van der Waals surface area contributed by atoms with Crippen molar-refractivity contribution in [3.8, 4) is 0 Å². The summed E-state index contributed by atoms with van der Waals surface area (Å²) in [6, 6.07) is 0.451. The second kappa shape index (κ2) is 8.13. The Bertz CT molecular complexity index is 254. The largest absolute Gasteiger partial charge is 0.375 e. The summed E-state index contributed by atoms with van der Waals surface area (Å²) in [6.07, 6.45) is 6.07. The number of ether oxygens (including phenoxy) is 1. The molecule has 3 N–H and O–H groups in total. The summed E-state index contributed by atoms with van der Waals surface area (Å²) >= 11 is 4.10. The Kier molecular flexibility index (Phi) is 6.83. The van der Waals surface area contributed by atoms with Gasteiger partial charge in [-0.1, -0.05) is 6.92 Å². The molecule has 0 aromatic carbocycles. The Balaban J connectivity index is 1.87. The molecule has 0 radical (unpaired) electrons. The quantitative estimate of drug-likeness (QED) is 0.449. The number of hydrogen-bond acceptors (Lipinski definition) is 5. The minimum atomic E-state index is 0.179. The van der Waals surface area contributed by atoms with Crippen molar-refractivity contribution < 1.29 is 4.74 Å². The van der Waals surface area contributed by atoms with Crippen LogP contribution in [0.3, 0.4) is 0 Å². The highest BCUT2D eigenvalue weighted by atomic mass is 32.2. The van der Waals surface area contributed by atoms with Crippen molar-refractivity contribution in [1.29, 1.82) is 0 Å². The highest BCUT2D eigenvalue weighted by Crippen LogP contribution is 2.40. The Morgan fingerprint density at radius 3 is 2.95 bits per heavy atom. The van der Waals surface area contributed by atoms with E-state index in [0.717, 1.165) is 18.8 Å². The summed E-state index contributed by atoms with van der Waals surface area (Å²) in [5, 5.41) is 0. The van der Waals surface area contributed by atoms with Crippen molar-refractivity contribution in [3.05, 3.63) is 0 Å². The summed E-state index contributed by atoms with van der Waals surface area (Å²) in [4.78, 5) is 0. The minimum absolute atomic E-state index is 0.179. The molecule has 2 unspecified atom stereocenters. The first kappa shape index (κ1) is 16.0. The monoisotopic (exact) mass is 304 g/mol. The van der Waals surface area contributed by atoms with Crippen molar-refractivity contribution in [3.63, 3.8) is 0 Å². The number of nitrogens with two attached hydrogens (primary N) is 1. The van der Waals surface area contributed by atoms with Gasteiger partial charge in [-0.15, -0.1) is 0 Å². The van der Waals surface area contributed by atoms with E-state index >= 15 is 0 Å². The maximum atomic E-state index is 6.17. The third-order valence-corrected chi connectivity index (χ3v) is 6.64. The summed E-state index contributed by atoms with van der Waals surface area (Å²) in [7, 11) is 0. The van der Waals surface area contributed by atoms with E-state index in [1.165, 1.54) is 42.9 Å². The van der Waals surface area contributed by atoms with Gasteiger partial charge in [0.25, 0.3) is 0 Å². The van der Waals surface area contributed by atoms with Crippen LogP contribution in [0.5, 0.6) is 0 Å². The van der Waals surface area contributed by atoms with Gasteiger partial charge in [0, 0.05) is 18.4 Å². The van der Waals surface area contributed by atoms with E-state index in [1.807, 2.05) is 11.8 Å². The molecule has 0 aliphatic carbocycles. The van der Waals surface area contributed by atoms with Gasteiger partial charge in [0.2, 0.25) is 0 Å². The third-order valence-electron chi connectivity index (χ3n) is 4.36. The van der Waals surface area contributed by atoms with Crippen LogP contribution >= 0.6 is 23.5 Å². The molecule has 2 fully saturated rings. The maximum Gasteiger partial charge on any atom is 0.0701 e. The molecule has 3 nitrogen and oxygen atoms in total. The van der Waals surface area contributed by atoms with Crippen molar-refractivity contribution in [2.45, 2.75) is 50.7 Å². The molecule has 2 heterocycles. The molecule has 0 saturated carbocycles. The zero-order valence-corrected chi connectivity index (χ0v) is 13.7. The van der Waals surface area contributed by atoms with Crippen LogP contribution in [0.25, 0.3) is 0 Å². The van der Waals surface area contributed by atoms with Crippen LogP contribution in [0.2, 0.25) is 0 Å². The molecule has 5 heteroatoms. The lowest BCUT2D eigenvalue weighted by atomic mass is 9.79. The van der Waals surface area contributed by atoms with Gasteiger partial charge in [0.1, 0.15) is 0 Å². The topological polar surface area (TPSA) is 47.3 Å². The number of thioether (sulfide) groups is 2. The standard InChI is InChI=1S/C14H28N2OS2/c1-2-7-19-11-13(16-15)12-3-6-17-14(10-12)4-8-18-9-5-14/h12-13,16H,2-11,15H2,1H3. The van der Waals surface area contributed by atoms with Gasteiger partial charge in [-0.25, -0.2) is 0 Å². The summed E-state index contributed by atoms with van der Waals surface area (Å²) < 4.78 is 6.17. The molecule has 0 bridgehead atoms. The number of hydrogen-bond donors (Lipinski definition) is 2. The van der Waals surface area contributed by atoms with Gasteiger partial charge in [-0.2, -0.15) is 23.5 Å². The molecule has 2 atom stereocenters. The molecule has 0 aromatic rings. The molecule has 19 heavy (non-hydrogen) atoms. The van der Waals surface area contributed by atoms with Gasteiger partial charge in [-0.3, -0.25) is 11.3 Å². The number of rotatable bonds is 6. The average molecular weight is 305 g/mol. The zero-order valence-electron chi connectivity index (χ0n) is 12.0. The van der Waals surface area contributed by atoms with Crippen molar-refractivity contribution >= 4 is 23.5 Å². The third kappa shape index (κ3) is 4.53. The van der Waals surface area contributed by atoms with Crippen molar-refractivity contribution in [1.82, 2.24) is 5.43 Å². The van der Waals surface area contributed by atoms with E-state index in [9.17, 15) is 0 Å². The minimum Gasteiger partial charge on any atom is -0.375 e. The smallest absolute Gasteiger partial charge is 0.0701 e. The molecule has 112 valence electrons. The Morgan fingerprint density at radius 1 is 1.47 bits per heavy atom. The van der Waals surface area contributed by atoms with E-state index in [-0.39, 0.29) is 5.60 Å². The second-order valence-electron chi connectivity index (χ2n) is 5.74. The molecule has 2 aliphatic heterocycles. The molecule has 0 amide bonds. The Morgan fingerprint density at radius 2 is 2.26 bits per heavy atom. The van der Waals surface area contributed by atoms with Crippen LogP contribution in [0.1, 0.15) is 39.0 Å². The fourth-order valence-electron chi connectivity index (χ4n) is 3.18. The first-order valence-electron chi connectivity index (χ1n) is 7.55. The van der Waals surface area contributed by atoms with Crippen LogP contribution in [0.4, 0.5) is 0 Å². The molecule has 1 spiro atoms. The number of hydrazine groups is 1. The SMILES string of the molecule is CCCSCC(NN)C1CCOC2(CCSCC2)C1. The lowest BCUT2D eigenvalue weighted by Gasteiger charge is -2.45. The van der Waals surface area contributed by atoms with Crippen LogP contribution in [-0.2, 0) is 4.74 Å². The Hall–Kier alpha value is 0.580. The molecule has 2 aliphatic rings. The van der Waals surface area contributed by atoms with E-state index in [2.05, 4.69) is 24.1 Å². The van der Waals surface area contributed by atoms with Crippen LogP contribution in [0.15, 0.2) is 0 Å². The molecule has 0 aromatic heterocycles. The van der Waals surface area contributed by atoms with Gasteiger partial charge < -0.3 is 4.74 Å². The lowest BCUT2D eigenvalue weighted by molar-refractivity contribution is -0.106. The van der Waals surface area contributed by atoms with E-state index in [0.29, 0.717) is 12.0 Å². The number of nitrogens with one attached hydrogen (secondary N) is 1. The molecular weight excluding hydrogens is 276 g/mol. The second-order valence-corrected chi connectivity index (χ2v) is 8.12. The predicted octanol–water partition coefficient (Wildman–Crippen LogP) is 2.65. The lowest BCUT2D eigenvalue weighted by Crippen LogP contribution is -2.51. The highest BCUT2D eigenvalue weighted by molar-refractivity contribution is 7.99. The predicted molar refractivity (Wildman–Crippen MR) is 86.7 cm³/mol. The van der Waals surface area contributed by atoms with Gasteiger partial charge >= 0.3 is 0 Å². The van der Waals surface area contributed by atoms with Crippen molar-refractivity contribution in [2.75, 3.05) is 29.6 Å². The summed E-state index contributed by atoms with van der Waals surface area (Å²) in [5.41, 5.74) is 3.25. The molecular formula is C14H28N2OS2. The van der Waals surface area contributed by atoms with E-state index in [4.69, 9.17) is 10.6 Å². The molecule has 2 saturated heterocycles. The zero-order chi connectivity index (χ0) is 13.6. The van der Waals surface area contributed by atoms with Crippen molar-refractivity contribution in [2.24, 2.45) is 11.8 Å².